The fourth-order valence-electron chi connectivity index (χ4n) is 2.08. The van der Waals surface area contributed by atoms with Crippen LogP contribution in [0, 0.1) is 5.92 Å². The standard InChI is InChI=1S/C10H15O3P/c1-6-8(12-2)10(14,13-9(6)11)7-4-3-5-7/h7H,3-5,14H2,1-2H3. The molecule has 0 spiro atoms. The third-order valence-electron chi connectivity index (χ3n) is 3.18. The second kappa shape index (κ2) is 3.23. The highest BCUT2D eigenvalue weighted by molar-refractivity contribution is 7.19. The SMILES string of the molecule is COC1=C(C)C(=O)OC1(P)C1CCC1. The van der Waals surface area contributed by atoms with E-state index in [1.54, 1.807) is 14.0 Å². The van der Waals surface area contributed by atoms with Crippen molar-refractivity contribution in [1.82, 2.24) is 0 Å². The molecular weight excluding hydrogens is 199 g/mol. The van der Waals surface area contributed by atoms with E-state index in [1.807, 2.05) is 0 Å². The number of rotatable bonds is 2. The zero-order chi connectivity index (χ0) is 10.3. The Morgan fingerprint density at radius 3 is 2.64 bits per heavy atom. The van der Waals surface area contributed by atoms with Crippen LogP contribution in [-0.2, 0) is 14.3 Å². The fraction of sp³-hybridized carbons (Fsp3) is 0.700. The summed E-state index contributed by atoms with van der Waals surface area (Å²) in [5.41, 5.74) is 0.606. The zero-order valence-electron chi connectivity index (χ0n) is 8.50. The minimum absolute atomic E-state index is 0.247. The van der Waals surface area contributed by atoms with Crippen molar-refractivity contribution < 1.29 is 14.3 Å². The summed E-state index contributed by atoms with van der Waals surface area (Å²) in [6.07, 6.45) is 3.43. The topological polar surface area (TPSA) is 35.5 Å². The Morgan fingerprint density at radius 1 is 1.57 bits per heavy atom. The van der Waals surface area contributed by atoms with Crippen molar-refractivity contribution in [2.45, 2.75) is 31.5 Å². The third kappa shape index (κ3) is 1.18. The van der Waals surface area contributed by atoms with Crippen molar-refractivity contribution in [2.24, 2.45) is 5.92 Å². The van der Waals surface area contributed by atoms with Gasteiger partial charge in [0.25, 0.3) is 0 Å². The molecule has 0 aromatic rings. The first-order valence-electron chi connectivity index (χ1n) is 4.87. The number of carbonyl (C=O) groups excluding carboxylic acids is 1. The Bertz CT molecular complexity index is 306. The maximum absolute atomic E-state index is 11.4. The molecule has 2 unspecified atom stereocenters. The molecule has 3 nitrogen and oxygen atoms in total. The fourth-order valence-corrected chi connectivity index (χ4v) is 2.86. The van der Waals surface area contributed by atoms with Gasteiger partial charge in [0.05, 0.1) is 12.7 Å². The van der Waals surface area contributed by atoms with Gasteiger partial charge in [-0.15, -0.1) is 0 Å². The van der Waals surface area contributed by atoms with Gasteiger partial charge < -0.3 is 9.47 Å². The average molecular weight is 214 g/mol. The molecule has 4 heteroatoms. The average Bonchev–Trinajstić information content (AvgIpc) is 2.20. The van der Waals surface area contributed by atoms with E-state index in [9.17, 15) is 4.79 Å². The van der Waals surface area contributed by atoms with Gasteiger partial charge in [0.2, 0.25) is 0 Å². The Hall–Kier alpha value is -0.560. The van der Waals surface area contributed by atoms with E-state index < -0.39 is 5.34 Å². The van der Waals surface area contributed by atoms with Crippen LogP contribution in [-0.4, -0.2) is 18.4 Å². The number of ether oxygens (including phenoxy) is 2. The second-order valence-electron chi connectivity index (χ2n) is 3.97. The summed E-state index contributed by atoms with van der Waals surface area (Å²) in [7, 11) is 4.24. The van der Waals surface area contributed by atoms with E-state index >= 15 is 0 Å². The normalized spacial score (nSPS) is 32.9. The highest BCUT2D eigenvalue weighted by atomic mass is 31.0. The van der Waals surface area contributed by atoms with Gasteiger partial charge in [-0.3, -0.25) is 0 Å². The lowest BCUT2D eigenvalue weighted by Crippen LogP contribution is -2.38. The summed E-state index contributed by atoms with van der Waals surface area (Å²) in [6, 6.07) is 0. The molecular formula is C10H15O3P. The summed E-state index contributed by atoms with van der Waals surface area (Å²) in [4.78, 5) is 11.4. The molecule has 14 heavy (non-hydrogen) atoms. The van der Waals surface area contributed by atoms with Crippen molar-refractivity contribution in [2.75, 3.05) is 7.11 Å². The van der Waals surface area contributed by atoms with Gasteiger partial charge in [0.1, 0.15) is 0 Å². The first-order chi connectivity index (χ1) is 6.59. The third-order valence-corrected chi connectivity index (χ3v) is 4.03. The van der Waals surface area contributed by atoms with Crippen molar-refractivity contribution >= 4 is 15.2 Å². The quantitative estimate of drug-likeness (QED) is 0.519. The number of cyclic esters (lactones) is 1. The Labute approximate surface area is 86.0 Å². The van der Waals surface area contributed by atoms with E-state index in [4.69, 9.17) is 9.47 Å². The van der Waals surface area contributed by atoms with Crippen molar-refractivity contribution in [3.05, 3.63) is 11.3 Å². The predicted molar refractivity (Wildman–Crippen MR) is 55.6 cm³/mol. The van der Waals surface area contributed by atoms with Crippen LogP contribution in [0.25, 0.3) is 0 Å². The van der Waals surface area contributed by atoms with Crippen LogP contribution < -0.4 is 0 Å². The van der Waals surface area contributed by atoms with E-state index in [2.05, 4.69) is 9.24 Å². The maximum atomic E-state index is 11.4. The van der Waals surface area contributed by atoms with Gasteiger partial charge in [0.15, 0.2) is 11.1 Å². The lowest BCUT2D eigenvalue weighted by molar-refractivity contribution is -0.146. The minimum Gasteiger partial charge on any atom is -0.496 e. The van der Waals surface area contributed by atoms with Gasteiger partial charge in [-0.05, 0) is 19.8 Å². The summed E-state index contributed by atoms with van der Waals surface area (Å²) in [6.45, 7) is 1.76. The Balaban J connectivity index is 2.32. The van der Waals surface area contributed by atoms with Gasteiger partial charge in [-0.2, -0.15) is 0 Å². The van der Waals surface area contributed by atoms with Crippen LogP contribution in [0.5, 0.6) is 0 Å². The first kappa shape index (κ1) is 9.97. The Kier molecular flexibility index (Phi) is 2.30. The molecule has 0 amide bonds. The van der Waals surface area contributed by atoms with Crippen LogP contribution >= 0.6 is 9.24 Å². The maximum Gasteiger partial charge on any atom is 0.338 e. The molecule has 2 rings (SSSR count). The molecule has 0 saturated heterocycles. The van der Waals surface area contributed by atoms with Gasteiger partial charge in [-0.25, -0.2) is 4.79 Å². The molecule has 0 radical (unpaired) electrons. The number of esters is 1. The van der Waals surface area contributed by atoms with Crippen molar-refractivity contribution in [1.29, 1.82) is 0 Å². The molecule has 2 aliphatic rings. The molecule has 1 fully saturated rings. The molecule has 0 N–H and O–H groups in total. The smallest absolute Gasteiger partial charge is 0.338 e. The summed E-state index contributed by atoms with van der Waals surface area (Å²) >= 11 is 0. The van der Waals surface area contributed by atoms with Crippen molar-refractivity contribution in [3.8, 4) is 0 Å². The molecule has 2 atom stereocenters. The van der Waals surface area contributed by atoms with E-state index in [0.29, 0.717) is 17.3 Å². The highest BCUT2D eigenvalue weighted by Gasteiger charge is 2.51. The zero-order valence-corrected chi connectivity index (χ0v) is 9.66. The Morgan fingerprint density at radius 2 is 2.21 bits per heavy atom. The lowest BCUT2D eigenvalue weighted by atomic mass is 9.80. The van der Waals surface area contributed by atoms with Crippen LogP contribution in [0.3, 0.4) is 0 Å². The van der Waals surface area contributed by atoms with E-state index in [-0.39, 0.29) is 5.97 Å². The first-order valence-corrected chi connectivity index (χ1v) is 5.45. The summed E-state index contributed by atoms with van der Waals surface area (Å²) in [5.74, 6) is 0.852. The van der Waals surface area contributed by atoms with Crippen LogP contribution in [0.15, 0.2) is 11.3 Å². The number of hydrogen-bond donors (Lipinski definition) is 0. The predicted octanol–water partition coefficient (Wildman–Crippen LogP) is 1.84. The molecule has 0 bridgehead atoms. The molecule has 0 aromatic carbocycles. The molecule has 1 aliphatic heterocycles. The van der Waals surface area contributed by atoms with Crippen LogP contribution in [0.1, 0.15) is 26.2 Å². The van der Waals surface area contributed by atoms with Crippen LogP contribution in [0.2, 0.25) is 0 Å². The van der Waals surface area contributed by atoms with E-state index in [0.717, 1.165) is 12.8 Å². The molecule has 78 valence electrons. The second-order valence-corrected chi connectivity index (χ2v) is 4.83. The van der Waals surface area contributed by atoms with E-state index in [1.165, 1.54) is 6.42 Å². The number of methoxy groups -OCH3 is 1. The van der Waals surface area contributed by atoms with Gasteiger partial charge in [-0.1, -0.05) is 15.7 Å². The molecule has 1 heterocycles. The summed E-state index contributed by atoms with van der Waals surface area (Å²) < 4.78 is 10.7. The summed E-state index contributed by atoms with van der Waals surface area (Å²) in [5, 5.41) is -0.575. The molecule has 1 saturated carbocycles. The largest absolute Gasteiger partial charge is 0.496 e. The van der Waals surface area contributed by atoms with Crippen LogP contribution in [0.4, 0.5) is 0 Å². The monoisotopic (exact) mass is 214 g/mol. The minimum atomic E-state index is -0.575. The van der Waals surface area contributed by atoms with Gasteiger partial charge >= 0.3 is 5.97 Å². The number of hydrogen-bond acceptors (Lipinski definition) is 3. The highest BCUT2D eigenvalue weighted by Crippen LogP contribution is 2.51. The molecule has 0 aromatic heterocycles. The van der Waals surface area contributed by atoms with Gasteiger partial charge in [0, 0.05) is 5.92 Å². The number of carbonyl (C=O) groups is 1. The lowest BCUT2D eigenvalue weighted by Gasteiger charge is -2.39. The molecule has 1 aliphatic carbocycles. The van der Waals surface area contributed by atoms with Crippen molar-refractivity contribution in [3.63, 3.8) is 0 Å².